The van der Waals surface area contributed by atoms with Crippen LogP contribution in [-0.4, -0.2) is 20.1 Å². The van der Waals surface area contributed by atoms with Crippen LogP contribution >= 0.6 is 15.9 Å². The van der Waals surface area contributed by atoms with Gasteiger partial charge in [-0.05, 0) is 64.8 Å². The Kier molecular flexibility index (Phi) is 5.28. The highest BCUT2D eigenvalue weighted by molar-refractivity contribution is 9.10. The molecule has 2 nitrogen and oxygen atoms in total. The van der Waals surface area contributed by atoms with Gasteiger partial charge in [-0.1, -0.05) is 19.9 Å². The fourth-order valence-corrected chi connectivity index (χ4v) is 2.99. The lowest BCUT2D eigenvalue weighted by molar-refractivity contribution is 0.552. The predicted octanol–water partition coefficient (Wildman–Crippen LogP) is 4.04. The Balaban J connectivity index is 1.91. The molecule has 0 radical (unpaired) electrons. The highest BCUT2D eigenvalue weighted by Crippen LogP contribution is 2.33. The molecule has 1 aliphatic carbocycles. The minimum Gasteiger partial charge on any atom is -0.373 e. The first kappa shape index (κ1) is 14.9. The average molecular weight is 325 g/mol. The largest absolute Gasteiger partial charge is 0.373 e. The third kappa shape index (κ3) is 4.81. The van der Waals surface area contributed by atoms with Gasteiger partial charge in [-0.25, -0.2) is 0 Å². The number of hydrogen-bond donors (Lipinski definition) is 1. The van der Waals surface area contributed by atoms with Gasteiger partial charge in [0.25, 0.3) is 0 Å². The zero-order valence-electron chi connectivity index (χ0n) is 12.2. The van der Waals surface area contributed by atoms with Gasteiger partial charge in [0.05, 0.1) is 5.69 Å². The summed E-state index contributed by atoms with van der Waals surface area (Å²) in [5.41, 5.74) is 2.65. The van der Waals surface area contributed by atoms with Crippen LogP contribution in [0.1, 0.15) is 32.3 Å². The predicted molar refractivity (Wildman–Crippen MR) is 86.7 cm³/mol. The normalized spacial score (nSPS) is 15.0. The van der Waals surface area contributed by atoms with Crippen molar-refractivity contribution < 1.29 is 0 Å². The summed E-state index contributed by atoms with van der Waals surface area (Å²) in [7, 11) is 2.19. The van der Waals surface area contributed by atoms with Crippen LogP contribution in [0.15, 0.2) is 22.7 Å². The number of nitrogens with one attached hydrogen (secondary N) is 1. The monoisotopic (exact) mass is 324 g/mol. The highest BCUT2D eigenvalue weighted by Gasteiger charge is 2.23. The maximum atomic E-state index is 3.71. The molecule has 0 spiro atoms. The zero-order valence-corrected chi connectivity index (χ0v) is 13.8. The van der Waals surface area contributed by atoms with Gasteiger partial charge in [0.1, 0.15) is 0 Å². The zero-order chi connectivity index (χ0) is 13.8. The molecular weight excluding hydrogens is 300 g/mol. The van der Waals surface area contributed by atoms with E-state index in [1.807, 2.05) is 0 Å². The average Bonchev–Trinajstić information content (AvgIpc) is 3.12. The van der Waals surface area contributed by atoms with Gasteiger partial charge in [-0.2, -0.15) is 0 Å². The SMILES string of the molecule is CC(C)CNCc1ccc(N(C)CC2CC2)c(Br)c1. The third-order valence-electron chi connectivity index (χ3n) is 3.53. The van der Waals surface area contributed by atoms with Crippen molar-refractivity contribution in [1.82, 2.24) is 5.32 Å². The van der Waals surface area contributed by atoms with E-state index < -0.39 is 0 Å². The topological polar surface area (TPSA) is 15.3 Å². The quantitative estimate of drug-likeness (QED) is 0.814. The lowest BCUT2D eigenvalue weighted by atomic mass is 10.1. The second-order valence-electron chi connectivity index (χ2n) is 6.13. The van der Waals surface area contributed by atoms with Crippen molar-refractivity contribution in [3.05, 3.63) is 28.2 Å². The molecule has 1 aliphatic rings. The Morgan fingerprint density at radius 2 is 2.11 bits per heavy atom. The number of hydrogen-bond acceptors (Lipinski definition) is 2. The molecule has 0 saturated heterocycles. The summed E-state index contributed by atoms with van der Waals surface area (Å²) in [5, 5.41) is 3.48. The molecule has 1 aromatic rings. The van der Waals surface area contributed by atoms with E-state index in [0.29, 0.717) is 5.92 Å². The molecule has 1 aromatic carbocycles. The molecule has 2 rings (SSSR count). The molecule has 0 unspecified atom stereocenters. The van der Waals surface area contributed by atoms with Crippen molar-refractivity contribution in [3.8, 4) is 0 Å². The first-order chi connectivity index (χ1) is 9.06. The van der Waals surface area contributed by atoms with Crippen LogP contribution in [0.3, 0.4) is 0 Å². The molecule has 0 aliphatic heterocycles. The lowest BCUT2D eigenvalue weighted by Crippen LogP contribution is -2.21. The Bertz CT molecular complexity index is 413. The Morgan fingerprint density at radius 3 is 2.68 bits per heavy atom. The van der Waals surface area contributed by atoms with Gasteiger partial charge in [-0.15, -0.1) is 0 Å². The highest BCUT2D eigenvalue weighted by atomic mass is 79.9. The van der Waals surface area contributed by atoms with Crippen LogP contribution in [0.4, 0.5) is 5.69 Å². The van der Waals surface area contributed by atoms with E-state index in [4.69, 9.17) is 0 Å². The summed E-state index contributed by atoms with van der Waals surface area (Å²) < 4.78 is 1.21. The lowest BCUT2D eigenvalue weighted by Gasteiger charge is -2.21. The van der Waals surface area contributed by atoms with E-state index >= 15 is 0 Å². The van der Waals surface area contributed by atoms with Crippen molar-refractivity contribution in [1.29, 1.82) is 0 Å². The van der Waals surface area contributed by atoms with Crippen LogP contribution in [-0.2, 0) is 6.54 Å². The Hall–Kier alpha value is -0.540. The fraction of sp³-hybridized carbons (Fsp3) is 0.625. The minimum atomic E-state index is 0.701. The van der Waals surface area contributed by atoms with Crippen LogP contribution in [0.2, 0.25) is 0 Å². The fourth-order valence-electron chi connectivity index (χ4n) is 2.26. The molecule has 1 saturated carbocycles. The molecule has 106 valence electrons. The van der Waals surface area contributed by atoms with E-state index in [0.717, 1.165) is 19.0 Å². The van der Waals surface area contributed by atoms with E-state index in [1.54, 1.807) is 0 Å². The van der Waals surface area contributed by atoms with Crippen molar-refractivity contribution in [2.75, 3.05) is 25.0 Å². The van der Waals surface area contributed by atoms with Gasteiger partial charge >= 0.3 is 0 Å². The molecule has 0 bridgehead atoms. The number of halogens is 1. The summed E-state index contributed by atoms with van der Waals surface area (Å²) in [5.74, 6) is 1.62. The molecule has 0 heterocycles. The Labute approximate surface area is 125 Å². The van der Waals surface area contributed by atoms with Crippen LogP contribution in [0, 0.1) is 11.8 Å². The molecule has 19 heavy (non-hydrogen) atoms. The van der Waals surface area contributed by atoms with Crippen molar-refractivity contribution in [3.63, 3.8) is 0 Å². The number of benzene rings is 1. The van der Waals surface area contributed by atoms with Crippen molar-refractivity contribution >= 4 is 21.6 Å². The minimum absolute atomic E-state index is 0.701. The summed E-state index contributed by atoms with van der Waals surface area (Å²) in [6.45, 7) is 7.67. The van der Waals surface area contributed by atoms with Gasteiger partial charge < -0.3 is 10.2 Å². The van der Waals surface area contributed by atoms with E-state index in [9.17, 15) is 0 Å². The van der Waals surface area contributed by atoms with Crippen LogP contribution in [0.25, 0.3) is 0 Å². The molecule has 0 aromatic heterocycles. The molecule has 0 atom stereocenters. The summed E-state index contributed by atoms with van der Waals surface area (Å²) >= 11 is 3.71. The molecule has 0 amide bonds. The Morgan fingerprint density at radius 1 is 1.37 bits per heavy atom. The molecular formula is C16H25BrN2. The third-order valence-corrected chi connectivity index (χ3v) is 4.17. The van der Waals surface area contributed by atoms with E-state index in [-0.39, 0.29) is 0 Å². The molecule has 3 heteroatoms. The summed E-state index contributed by atoms with van der Waals surface area (Å²) in [4.78, 5) is 2.37. The van der Waals surface area contributed by atoms with Gasteiger partial charge in [-0.3, -0.25) is 0 Å². The second-order valence-corrected chi connectivity index (χ2v) is 6.99. The number of nitrogens with zero attached hydrogens (tertiary/aromatic N) is 1. The standard InChI is InChI=1S/C16H25BrN2/c1-12(2)9-18-10-14-6-7-16(15(17)8-14)19(3)11-13-4-5-13/h6-8,12-13,18H,4-5,9-11H2,1-3H3. The van der Waals surface area contributed by atoms with Crippen LogP contribution in [0.5, 0.6) is 0 Å². The van der Waals surface area contributed by atoms with Gasteiger partial charge in [0.2, 0.25) is 0 Å². The molecule has 1 fully saturated rings. The van der Waals surface area contributed by atoms with E-state index in [1.165, 1.54) is 35.1 Å². The summed E-state index contributed by atoms with van der Waals surface area (Å²) in [6.07, 6.45) is 2.80. The van der Waals surface area contributed by atoms with Gasteiger partial charge in [0.15, 0.2) is 0 Å². The molecule has 1 N–H and O–H groups in total. The second kappa shape index (κ2) is 6.76. The number of rotatable bonds is 7. The van der Waals surface area contributed by atoms with Crippen LogP contribution < -0.4 is 10.2 Å². The van der Waals surface area contributed by atoms with Crippen molar-refractivity contribution in [2.24, 2.45) is 11.8 Å². The smallest absolute Gasteiger partial charge is 0.0508 e. The number of anilines is 1. The first-order valence-electron chi connectivity index (χ1n) is 7.26. The maximum absolute atomic E-state index is 3.71. The van der Waals surface area contributed by atoms with Crippen molar-refractivity contribution in [2.45, 2.75) is 33.2 Å². The van der Waals surface area contributed by atoms with E-state index in [2.05, 4.69) is 65.2 Å². The maximum Gasteiger partial charge on any atom is 0.0508 e. The summed E-state index contributed by atoms with van der Waals surface area (Å²) in [6, 6.07) is 6.71. The first-order valence-corrected chi connectivity index (χ1v) is 8.06. The van der Waals surface area contributed by atoms with Gasteiger partial charge in [0, 0.05) is 24.6 Å².